The standard InChI is InChI=1S/C29H47NO4Si/c1-10-23(35(8,9)24-14-12-11-13-15-24)19-30(28(32)34-29(5,6)7)20-27(31)33-26-18-22(4)16-17-25(26)21(2)3/h10-15,21-22,25-26H,16-20H2,1-9H3/b23-10-/t22-,25+,26-/m1/s1. The summed E-state index contributed by atoms with van der Waals surface area (Å²) in [5.41, 5.74) is -0.650. The molecule has 35 heavy (non-hydrogen) atoms. The number of benzene rings is 1. The third kappa shape index (κ3) is 8.52. The van der Waals surface area contributed by atoms with E-state index in [0.717, 1.165) is 12.8 Å². The molecule has 0 spiro atoms. The smallest absolute Gasteiger partial charge is 0.411 e. The lowest BCUT2D eigenvalue weighted by Gasteiger charge is -2.37. The van der Waals surface area contributed by atoms with Crippen LogP contribution in [0.25, 0.3) is 0 Å². The predicted octanol–water partition coefficient (Wildman–Crippen LogP) is 6.33. The van der Waals surface area contributed by atoms with Gasteiger partial charge in [-0.05, 0) is 58.3 Å². The normalized spacial score (nSPS) is 21.5. The van der Waals surface area contributed by atoms with Crippen molar-refractivity contribution >= 4 is 25.3 Å². The number of allylic oxidation sites excluding steroid dienone is 1. The van der Waals surface area contributed by atoms with E-state index in [-0.39, 0.29) is 18.6 Å². The molecule has 3 atom stereocenters. The van der Waals surface area contributed by atoms with Crippen LogP contribution in [0.4, 0.5) is 4.79 Å². The Hall–Kier alpha value is -2.08. The minimum atomic E-state index is -2.05. The summed E-state index contributed by atoms with van der Waals surface area (Å²) >= 11 is 0. The zero-order valence-corrected chi connectivity index (χ0v) is 24.4. The molecule has 0 bridgehead atoms. The maximum absolute atomic E-state index is 13.2. The summed E-state index contributed by atoms with van der Waals surface area (Å²) in [6.07, 6.45) is 4.65. The van der Waals surface area contributed by atoms with E-state index in [1.165, 1.54) is 21.7 Å². The molecule has 0 radical (unpaired) electrons. The predicted molar refractivity (Wildman–Crippen MR) is 146 cm³/mol. The van der Waals surface area contributed by atoms with Crippen LogP contribution in [0.15, 0.2) is 41.6 Å². The van der Waals surface area contributed by atoms with Gasteiger partial charge in [-0.1, -0.05) is 87.1 Å². The number of amides is 1. The molecule has 5 nitrogen and oxygen atoms in total. The quantitative estimate of drug-likeness (QED) is 0.309. The van der Waals surface area contributed by atoms with Crippen molar-refractivity contribution in [3.05, 3.63) is 41.6 Å². The van der Waals surface area contributed by atoms with E-state index in [1.54, 1.807) is 0 Å². The van der Waals surface area contributed by atoms with Gasteiger partial charge in [0.1, 0.15) is 26.3 Å². The van der Waals surface area contributed by atoms with Gasteiger partial charge in [-0.25, -0.2) is 4.79 Å². The van der Waals surface area contributed by atoms with Crippen molar-refractivity contribution in [1.82, 2.24) is 4.90 Å². The van der Waals surface area contributed by atoms with E-state index in [9.17, 15) is 9.59 Å². The van der Waals surface area contributed by atoms with Gasteiger partial charge in [0.2, 0.25) is 0 Å². The molecular formula is C29H47NO4Si. The zero-order chi connectivity index (χ0) is 26.4. The van der Waals surface area contributed by atoms with E-state index in [2.05, 4.69) is 64.2 Å². The van der Waals surface area contributed by atoms with Crippen LogP contribution in [0.1, 0.15) is 67.7 Å². The van der Waals surface area contributed by atoms with Gasteiger partial charge in [-0.15, -0.1) is 0 Å². The topological polar surface area (TPSA) is 55.8 Å². The van der Waals surface area contributed by atoms with Gasteiger partial charge < -0.3 is 9.47 Å². The number of esters is 1. The summed E-state index contributed by atoms with van der Waals surface area (Å²) in [5.74, 6) is 1.00. The van der Waals surface area contributed by atoms with Crippen LogP contribution in [0.2, 0.25) is 13.1 Å². The Labute approximate surface area is 214 Å². The van der Waals surface area contributed by atoms with Crippen molar-refractivity contribution in [2.45, 2.75) is 92.5 Å². The summed E-state index contributed by atoms with van der Waals surface area (Å²) in [6, 6.07) is 10.4. The van der Waals surface area contributed by atoms with Crippen molar-refractivity contribution in [2.24, 2.45) is 17.8 Å². The molecule has 1 saturated carbocycles. The number of carbonyl (C=O) groups is 2. The lowest BCUT2D eigenvalue weighted by molar-refractivity contribution is -0.157. The molecule has 1 aliphatic rings. The van der Waals surface area contributed by atoms with Gasteiger partial charge >= 0.3 is 12.1 Å². The maximum Gasteiger partial charge on any atom is 0.411 e. The molecule has 2 rings (SSSR count). The first-order valence-corrected chi connectivity index (χ1v) is 16.1. The molecule has 0 aliphatic heterocycles. The fourth-order valence-corrected chi connectivity index (χ4v) is 7.72. The average molecular weight is 502 g/mol. The van der Waals surface area contributed by atoms with Gasteiger partial charge in [-0.3, -0.25) is 9.69 Å². The van der Waals surface area contributed by atoms with Gasteiger partial charge in [0.15, 0.2) is 0 Å². The fourth-order valence-electron chi connectivity index (χ4n) is 5.02. The first kappa shape index (κ1) is 29.1. The lowest BCUT2D eigenvalue weighted by Crippen LogP contribution is -2.50. The Balaban J connectivity index is 2.23. The molecule has 1 aliphatic carbocycles. The zero-order valence-electron chi connectivity index (χ0n) is 23.4. The summed E-state index contributed by atoms with van der Waals surface area (Å²) in [6.45, 7) is 19.0. The second kappa shape index (κ2) is 12.2. The summed E-state index contributed by atoms with van der Waals surface area (Å²) in [5, 5.41) is 2.46. The monoisotopic (exact) mass is 501 g/mol. The molecule has 196 valence electrons. The highest BCUT2D eigenvalue weighted by Crippen LogP contribution is 2.35. The molecule has 6 heteroatoms. The first-order valence-electron chi connectivity index (χ1n) is 13.1. The largest absolute Gasteiger partial charge is 0.461 e. The molecule has 0 aromatic heterocycles. The Morgan fingerprint density at radius 1 is 1.11 bits per heavy atom. The van der Waals surface area contributed by atoms with Crippen LogP contribution in [0, 0.1) is 17.8 Å². The molecule has 1 aromatic carbocycles. The third-order valence-electron chi connectivity index (χ3n) is 7.22. The summed E-state index contributed by atoms with van der Waals surface area (Å²) < 4.78 is 11.7. The molecule has 1 amide bonds. The van der Waals surface area contributed by atoms with Crippen molar-refractivity contribution in [2.75, 3.05) is 13.1 Å². The number of hydrogen-bond acceptors (Lipinski definition) is 4. The Bertz CT molecular complexity index is 872. The van der Waals surface area contributed by atoms with E-state index in [4.69, 9.17) is 9.47 Å². The SMILES string of the molecule is C/C=C(/CN(CC(=O)O[C@@H]1C[C@H](C)CC[C@H]1C(C)C)C(=O)OC(C)(C)C)[Si](C)(C)c1ccccc1. The fraction of sp³-hybridized carbons (Fsp3) is 0.655. The molecular weight excluding hydrogens is 454 g/mol. The number of nitrogens with zero attached hydrogens (tertiary/aromatic N) is 1. The van der Waals surface area contributed by atoms with Crippen molar-refractivity contribution in [1.29, 1.82) is 0 Å². The van der Waals surface area contributed by atoms with E-state index >= 15 is 0 Å². The minimum absolute atomic E-state index is 0.0944. The minimum Gasteiger partial charge on any atom is -0.461 e. The molecule has 1 fully saturated rings. The number of hydrogen-bond donors (Lipinski definition) is 0. The van der Waals surface area contributed by atoms with E-state index in [0.29, 0.717) is 24.3 Å². The molecule has 0 saturated heterocycles. The van der Waals surface area contributed by atoms with Crippen LogP contribution in [-0.2, 0) is 14.3 Å². The van der Waals surface area contributed by atoms with Crippen molar-refractivity contribution in [3.63, 3.8) is 0 Å². The second-order valence-electron chi connectivity index (χ2n) is 12.0. The van der Waals surface area contributed by atoms with Crippen LogP contribution in [-0.4, -0.2) is 49.8 Å². The number of ether oxygens (including phenoxy) is 2. The Kier molecular flexibility index (Phi) is 10.2. The third-order valence-corrected chi connectivity index (χ3v) is 11.1. The maximum atomic E-state index is 13.2. The van der Waals surface area contributed by atoms with Gasteiger partial charge in [0, 0.05) is 6.54 Å². The summed E-state index contributed by atoms with van der Waals surface area (Å²) in [7, 11) is -2.05. The van der Waals surface area contributed by atoms with Crippen LogP contribution in [0.3, 0.4) is 0 Å². The highest BCUT2D eigenvalue weighted by Gasteiger charge is 2.36. The van der Waals surface area contributed by atoms with Gasteiger partial charge in [0.05, 0.1) is 0 Å². The summed E-state index contributed by atoms with van der Waals surface area (Å²) in [4.78, 5) is 27.9. The first-order chi connectivity index (χ1) is 16.2. The highest BCUT2D eigenvalue weighted by molar-refractivity contribution is 6.95. The number of carbonyl (C=O) groups excluding carboxylic acids is 2. The molecule has 1 aromatic rings. The second-order valence-corrected chi connectivity index (χ2v) is 16.5. The van der Waals surface area contributed by atoms with Gasteiger partial charge in [0.25, 0.3) is 0 Å². The van der Waals surface area contributed by atoms with Crippen molar-refractivity contribution in [3.8, 4) is 0 Å². The lowest BCUT2D eigenvalue weighted by atomic mass is 9.75. The van der Waals surface area contributed by atoms with E-state index in [1.807, 2.05) is 33.8 Å². The van der Waals surface area contributed by atoms with Crippen LogP contribution in [0.5, 0.6) is 0 Å². The van der Waals surface area contributed by atoms with Crippen LogP contribution >= 0.6 is 0 Å². The Morgan fingerprint density at radius 3 is 2.29 bits per heavy atom. The molecule has 0 unspecified atom stereocenters. The van der Waals surface area contributed by atoms with E-state index < -0.39 is 19.8 Å². The Morgan fingerprint density at radius 2 is 1.74 bits per heavy atom. The number of rotatable bonds is 8. The average Bonchev–Trinajstić information content (AvgIpc) is 2.75. The molecule has 0 heterocycles. The molecule has 0 N–H and O–H groups in total. The highest BCUT2D eigenvalue weighted by atomic mass is 28.3. The van der Waals surface area contributed by atoms with Crippen LogP contribution < -0.4 is 5.19 Å². The van der Waals surface area contributed by atoms with Gasteiger partial charge in [-0.2, -0.15) is 0 Å². The van der Waals surface area contributed by atoms with Crippen molar-refractivity contribution < 1.29 is 19.1 Å².